The van der Waals surface area contributed by atoms with E-state index in [9.17, 15) is 0 Å². The Balaban J connectivity index is 1.99. The van der Waals surface area contributed by atoms with Gasteiger partial charge in [0.15, 0.2) is 0 Å². The Kier molecular flexibility index (Phi) is 4.39. The highest BCUT2D eigenvalue weighted by atomic mass is 14.9. The molecule has 1 atom stereocenters. The lowest BCUT2D eigenvalue weighted by atomic mass is 9.87. The lowest BCUT2D eigenvalue weighted by Crippen LogP contribution is -2.38. The zero-order chi connectivity index (χ0) is 10.6. The first-order valence-electron chi connectivity index (χ1n) is 5.96. The van der Waals surface area contributed by atoms with E-state index in [2.05, 4.69) is 26.1 Å². The van der Waals surface area contributed by atoms with Crippen molar-refractivity contribution < 1.29 is 0 Å². The summed E-state index contributed by atoms with van der Waals surface area (Å²) in [5, 5.41) is 3.56. The number of hydrogen-bond acceptors (Lipinski definition) is 2. The van der Waals surface area contributed by atoms with Gasteiger partial charge >= 0.3 is 0 Å². The zero-order valence-corrected chi connectivity index (χ0v) is 9.97. The molecule has 1 aliphatic carbocycles. The summed E-state index contributed by atoms with van der Waals surface area (Å²) in [5.41, 5.74) is 6.44. The molecule has 1 unspecified atom stereocenters. The summed E-state index contributed by atoms with van der Waals surface area (Å²) >= 11 is 0. The first kappa shape index (κ1) is 12.0. The van der Waals surface area contributed by atoms with E-state index < -0.39 is 0 Å². The molecule has 1 aliphatic rings. The molecule has 2 heteroatoms. The minimum absolute atomic E-state index is 0.363. The lowest BCUT2D eigenvalue weighted by molar-refractivity contribution is 0.306. The Hall–Kier alpha value is -0.0800. The van der Waals surface area contributed by atoms with Gasteiger partial charge in [-0.1, -0.05) is 27.2 Å². The first-order valence-corrected chi connectivity index (χ1v) is 5.96. The summed E-state index contributed by atoms with van der Waals surface area (Å²) in [5.74, 6) is 0. The third kappa shape index (κ3) is 4.97. The van der Waals surface area contributed by atoms with E-state index in [4.69, 9.17) is 5.73 Å². The van der Waals surface area contributed by atoms with Crippen LogP contribution in [-0.2, 0) is 0 Å². The maximum Gasteiger partial charge on any atom is 0.00670 e. The smallest absolute Gasteiger partial charge is 0.00670 e. The van der Waals surface area contributed by atoms with Gasteiger partial charge < -0.3 is 11.1 Å². The molecule has 1 rings (SSSR count). The Bertz CT molecular complexity index is 156. The van der Waals surface area contributed by atoms with Crippen LogP contribution in [0.2, 0.25) is 0 Å². The van der Waals surface area contributed by atoms with Crippen molar-refractivity contribution in [2.24, 2.45) is 11.1 Å². The van der Waals surface area contributed by atoms with Gasteiger partial charge in [0, 0.05) is 12.1 Å². The highest BCUT2D eigenvalue weighted by Gasteiger charge is 2.18. The largest absolute Gasteiger partial charge is 0.328 e. The number of nitrogens with two attached hydrogens (primary N) is 1. The number of nitrogens with one attached hydrogen (secondary N) is 1. The molecule has 0 aromatic rings. The minimum Gasteiger partial charge on any atom is -0.328 e. The average Bonchev–Trinajstić information content (AvgIpc) is 1.90. The molecule has 0 radical (unpaired) electrons. The first-order chi connectivity index (χ1) is 6.47. The normalized spacial score (nSPS) is 20.6. The van der Waals surface area contributed by atoms with Crippen LogP contribution in [0.4, 0.5) is 0 Å². The summed E-state index contributed by atoms with van der Waals surface area (Å²) < 4.78 is 0. The van der Waals surface area contributed by atoms with Gasteiger partial charge in [0.25, 0.3) is 0 Å². The standard InChI is InChI=1S/C12H26N2/c1-12(2,3)9-10(13)7-8-14-11-5-4-6-11/h10-11,14H,4-9,13H2,1-3H3. The van der Waals surface area contributed by atoms with E-state index in [1.807, 2.05) is 0 Å². The molecule has 0 aromatic heterocycles. The van der Waals surface area contributed by atoms with Crippen LogP contribution in [0, 0.1) is 5.41 Å². The lowest BCUT2D eigenvalue weighted by Gasteiger charge is -2.28. The van der Waals surface area contributed by atoms with Crippen molar-refractivity contribution in [3.63, 3.8) is 0 Å². The van der Waals surface area contributed by atoms with Crippen LogP contribution >= 0.6 is 0 Å². The van der Waals surface area contributed by atoms with Gasteiger partial charge in [-0.25, -0.2) is 0 Å². The molecule has 0 spiro atoms. The molecule has 0 aliphatic heterocycles. The molecule has 2 nitrogen and oxygen atoms in total. The quantitative estimate of drug-likeness (QED) is 0.711. The Morgan fingerprint density at radius 1 is 1.36 bits per heavy atom. The van der Waals surface area contributed by atoms with Crippen LogP contribution in [0.5, 0.6) is 0 Å². The molecule has 0 bridgehead atoms. The van der Waals surface area contributed by atoms with Crippen LogP contribution in [0.3, 0.4) is 0 Å². The van der Waals surface area contributed by atoms with Gasteiger partial charge in [-0.2, -0.15) is 0 Å². The second kappa shape index (κ2) is 5.13. The van der Waals surface area contributed by atoms with Gasteiger partial charge in [0.05, 0.1) is 0 Å². The molecule has 0 saturated heterocycles. The van der Waals surface area contributed by atoms with Crippen molar-refractivity contribution in [3.05, 3.63) is 0 Å². The number of rotatable bonds is 5. The molecule has 0 amide bonds. The summed E-state index contributed by atoms with van der Waals surface area (Å²) in [6.45, 7) is 7.87. The molecule has 0 heterocycles. The molecule has 84 valence electrons. The van der Waals surface area contributed by atoms with E-state index in [1.165, 1.54) is 19.3 Å². The molecule has 1 saturated carbocycles. The van der Waals surface area contributed by atoms with Gasteiger partial charge in [-0.05, 0) is 37.6 Å². The maximum absolute atomic E-state index is 6.07. The van der Waals surface area contributed by atoms with Crippen molar-refractivity contribution in [2.75, 3.05) is 6.54 Å². The van der Waals surface area contributed by atoms with Crippen molar-refractivity contribution in [3.8, 4) is 0 Å². The van der Waals surface area contributed by atoms with Crippen LogP contribution in [0.1, 0.15) is 52.9 Å². The van der Waals surface area contributed by atoms with E-state index in [0.29, 0.717) is 11.5 Å². The van der Waals surface area contributed by atoms with Gasteiger partial charge in [-0.3, -0.25) is 0 Å². The molecule has 14 heavy (non-hydrogen) atoms. The fraction of sp³-hybridized carbons (Fsp3) is 1.00. The Morgan fingerprint density at radius 3 is 2.43 bits per heavy atom. The monoisotopic (exact) mass is 198 g/mol. The van der Waals surface area contributed by atoms with E-state index >= 15 is 0 Å². The van der Waals surface area contributed by atoms with Crippen molar-refractivity contribution in [2.45, 2.75) is 65.0 Å². The predicted molar refractivity (Wildman–Crippen MR) is 62.3 cm³/mol. The van der Waals surface area contributed by atoms with Crippen LogP contribution < -0.4 is 11.1 Å². The minimum atomic E-state index is 0.363. The SMILES string of the molecule is CC(C)(C)CC(N)CCNC1CCC1. The van der Waals surface area contributed by atoms with E-state index in [0.717, 1.165) is 25.4 Å². The molecule has 3 N–H and O–H groups in total. The van der Waals surface area contributed by atoms with Crippen molar-refractivity contribution in [1.29, 1.82) is 0 Å². The summed E-state index contributed by atoms with van der Waals surface area (Å²) in [7, 11) is 0. The fourth-order valence-corrected chi connectivity index (χ4v) is 1.97. The third-order valence-corrected chi connectivity index (χ3v) is 2.93. The van der Waals surface area contributed by atoms with Gasteiger partial charge in [0.2, 0.25) is 0 Å². The molecule has 0 aromatic carbocycles. The highest BCUT2D eigenvalue weighted by Crippen LogP contribution is 2.21. The predicted octanol–water partition coefficient (Wildman–Crippen LogP) is 2.28. The van der Waals surface area contributed by atoms with Crippen LogP contribution in [-0.4, -0.2) is 18.6 Å². The Labute approximate surface area is 88.6 Å². The fourth-order valence-electron chi connectivity index (χ4n) is 1.97. The molecular formula is C12H26N2. The average molecular weight is 198 g/mol. The zero-order valence-electron chi connectivity index (χ0n) is 9.97. The second-order valence-electron chi connectivity index (χ2n) is 5.90. The Morgan fingerprint density at radius 2 is 2.00 bits per heavy atom. The van der Waals surface area contributed by atoms with Crippen LogP contribution in [0.25, 0.3) is 0 Å². The van der Waals surface area contributed by atoms with Crippen molar-refractivity contribution in [1.82, 2.24) is 5.32 Å². The summed E-state index contributed by atoms with van der Waals surface area (Å²) in [4.78, 5) is 0. The van der Waals surface area contributed by atoms with Gasteiger partial charge in [0.1, 0.15) is 0 Å². The highest BCUT2D eigenvalue weighted by molar-refractivity contribution is 4.78. The van der Waals surface area contributed by atoms with E-state index in [-0.39, 0.29) is 0 Å². The van der Waals surface area contributed by atoms with E-state index in [1.54, 1.807) is 0 Å². The summed E-state index contributed by atoms with van der Waals surface area (Å²) in [6.07, 6.45) is 6.39. The summed E-state index contributed by atoms with van der Waals surface area (Å²) in [6, 6.07) is 1.17. The second-order valence-corrected chi connectivity index (χ2v) is 5.90. The van der Waals surface area contributed by atoms with Crippen molar-refractivity contribution >= 4 is 0 Å². The number of hydrogen-bond donors (Lipinski definition) is 2. The molecular weight excluding hydrogens is 172 g/mol. The maximum atomic E-state index is 6.07. The third-order valence-electron chi connectivity index (χ3n) is 2.93. The topological polar surface area (TPSA) is 38.0 Å². The van der Waals surface area contributed by atoms with Crippen LogP contribution in [0.15, 0.2) is 0 Å². The van der Waals surface area contributed by atoms with Gasteiger partial charge in [-0.15, -0.1) is 0 Å². The molecule has 1 fully saturated rings.